The molecule has 7 heteroatoms. The van der Waals surface area contributed by atoms with Gasteiger partial charge < -0.3 is 14.4 Å². The Kier molecular flexibility index (Phi) is 6.40. The summed E-state index contributed by atoms with van der Waals surface area (Å²) in [6, 6.07) is 17.7. The smallest absolute Gasteiger partial charge is 0.368 e. The van der Waals surface area contributed by atoms with Crippen molar-refractivity contribution in [1.29, 1.82) is 0 Å². The van der Waals surface area contributed by atoms with Crippen molar-refractivity contribution in [2.75, 3.05) is 13.0 Å². The maximum absolute atomic E-state index is 13.4. The fourth-order valence-corrected chi connectivity index (χ4v) is 7.54. The molecule has 1 N–H and O–H groups in total. The molecule has 0 radical (unpaired) electrons. The van der Waals surface area contributed by atoms with Crippen molar-refractivity contribution in [1.82, 2.24) is 0 Å². The minimum Gasteiger partial charge on any atom is -0.508 e. The molecule has 1 aliphatic heterocycles. The molecular weight excluding hydrogens is 507 g/mol. The highest BCUT2D eigenvalue weighted by atomic mass is 35.5. The number of rotatable bonds is 6. The summed E-state index contributed by atoms with van der Waals surface area (Å²) in [5.41, 5.74) is 7.09. The van der Waals surface area contributed by atoms with Gasteiger partial charge in [0.2, 0.25) is 0 Å². The number of hydrogen-bond acceptors (Lipinski definition) is 5. The van der Waals surface area contributed by atoms with Crippen LogP contribution in [0.1, 0.15) is 78.0 Å². The van der Waals surface area contributed by atoms with Crippen LogP contribution in [0.5, 0.6) is 11.5 Å². The van der Waals surface area contributed by atoms with Gasteiger partial charge in [-0.3, -0.25) is 9.09 Å². The van der Waals surface area contributed by atoms with Crippen molar-refractivity contribution in [3.63, 3.8) is 0 Å². The van der Waals surface area contributed by atoms with E-state index in [1.165, 1.54) is 16.7 Å². The van der Waals surface area contributed by atoms with Gasteiger partial charge in [-0.1, -0.05) is 42.8 Å². The lowest BCUT2D eigenvalue weighted by molar-refractivity contribution is 0.0725. The number of phenols is 1. The van der Waals surface area contributed by atoms with Crippen LogP contribution >= 0.6 is 19.2 Å². The average molecular weight is 539 g/mol. The van der Waals surface area contributed by atoms with Crippen LogP contribution in [-0.4, -0.2) is 18.1 Å². The molecule has 1 saturated heterocycles. The lowest BCUT2D eigenvalue weighted by Crippen LogP contribution is -2.17. The third-order valence-electron chi connectivity index (χ3n) is 8.14. The Morgan fingerprint density at radius 1 is 1.11 bits per heavy atom. The van der Waals surface area contributed by atoms with Gasteiger partial charge in [0.25, 0.3) is 0 Å². The SMILES string of the molecule is Cc1cc(OCP2(=O)OCCC(c3cccc(Cl)c3)O2)cc2c1C(c1ccc(O)c(C3(C)CC3)c1)CC2. The standard InChI is InChI=1S/C30H32ClO5P/c1-19-14-24(34-18-37(33)35-13-10-28(36-37)21-4-3-5-23(31)15-21)16-22-6-8-25(29(19)22)20-7-9-27(32)26(17-20)30(2)11-12-30/h3-5,7,9,14-17,25,28,32H,6,8,10-13,18H2,1-2H3. The van der Waals surface area contributed by atoms with Crippen LogP contribution in [0.15, 0.2) is 54.6 Å². The van der Waals surface area contributed by atoms with Gasteiger partial charge in [0.05, 0.1) is 12.7 Å². The molecule has 0 spiro atoms. The fourth-order valence-electron chi connectivity index (χ4n) is 5.84. The lowest BCUT2D eigenvalue weighted by atomic mass is 9.86. The van der Waals surface area contributed by atoms with Crippen LogP contribution in [0.2, 0.25) is 5.02 Å². The van der Waals surface area contributed by atoms with Crippen molar-refractivity contribution in [2.45, 2.75) is 63.4 Å². The van der Waals surface area contributed by atoms with Crippen molar-refractivity contribution >= 4 is 19.2 Å². The highest BCUT2D eigenvalue weighted by molar-refractivity contribution is 7.53. The Hall–Kier alpha value is -2.30. The molecule has 3 atom stereocenters. The number of aromatic hydroxyl groups is 1. The number of aryl methyl sites for hydroxylation is 2. The molecule has 0 bridgehead atoms. The summed E-state index contributed by atoms with van der Waals surface area (Å²) in [5.74, 6) is 1.38. The highest BCUT2D eigenvalue weighted by Crippen LogP contribution is 2.56. The highest BCUT2D eigenvalue weighted by Gasteiger charge is 2.41. The fraction of sp³-hybridized carbons (Fsp3) is 0.400. The van der Waals surface area contributed by atoms with Gasteiger partial charge in [0.1, 0.15) is 11.5 Å². The monoisotopic (exact) mass is 538 g/mol. The zero-order valence-electron chi connectivity index (χ0n) is 21.2. The zero-order chi connectivity index (χ0) is 25.8. The van der Waals surface area contributed by atoms with Crippen LogP contribution in [0.3, 0.4) is 0 Å². The molecule has 2 aliphatic carbocycles. The topological polar surface area (TPSA) is 65.0 Å². The van der Waals surface area contributed by atoms with Crippen molar-refractivity contribution in [2.24, 2.45) is 0 Å². The van der Waals surface area contributed by atoms with E-state index in [1.54, 1.807) is 0 Å². The van der Waals surface area contributed by atoms with Crippen molar-refractivity contribution < 1.29 is 23.5 Å². The third-order valence-corrected chi connectivity index (χ3v) is 9.97. The van der Waals surface area contributed by atoms with Gasteiger partial charge in [-0.15, -0.1) is 0 Å². The molecule has 1 saturated carbocycles. The predicted molar refractivity (Wildman–Crippen MR) is 145 cm³/mol. The summed E-state index contributed by atoms with van der Waals surface area (Å²) in [7, 11) is -3.42. The van der Waals surface area contributed by atoms with Crippen LogP contribution in [0.4, 0.5) is 0 Å². The average Bonchev–Trinajstić information content (AvgIpc) is 3.47. The summed E-state index contributed by atoms with van der Waals surface area (Å²) in [6.07, 6.45) is 4.37. The van der Waals surface area contributed by atoms with Gasteiger partial charge in [-0.2, -0.15) is 0 Å². The molecule has 194 valence electrons. The van der Waals surface area contributed by atoms with Crippen LogP contribution in [-0.2, 0) is 25.4 Å². The van der Waals surface area contributed by atoms with Gasteiger partial charge in [-0.25, -0.2) is 0 Å². The molecule has 3 aromatic carbocycles. The number of hydrogen-bond donors (Lipinski definition) is 1. The lowest BCUT2D eigenvalue weighted by Gasteiger charge is -2.30. The van der Waals surface area contributed by atoms with Crippen LogP contribution in [0.25, 0.3) is 0 Å². The largest absolute Gasteiger partial charge is 0.508 e. The number of benzene rings is 3. The van der Waals surface area contributed by atoms with E-state index in [0.717, 1.165) is 42.4 Å². The normalized spacial score (nSPS) is 26.0. The molecule has 2 fully saturated rings. The summed E-state index contributed by atoms with van der Waals surface area (Å²) < 4.78 is 30.9. The summed E-state index contributed by atoms with van der Waals surface area (Å²) in [5, 5.41) is 11.1. The maximum Gasteiger partial charge on any atom is 0.368 e. The molecule has 3 aromatic rings. The first-order chi connectivity index (χ1) is 17.7. The van der Waals surface area contributed by atoms with E-state index in [9.17, 15) is 9.67 Å². The second-order valence-corrected chi connectivity index (χ2v) is 13.3. The number of phenolic OH excluding ortho intramolecular Hbond substituents is 1. The quantitative estimate of drug-likeness (QED) is 0.320. The summed E-state index contributed by atoms with van der Waals surface area (Å²) >= 11 is 6.13. The van der Waals surface area contributed by atoms with Crippen LogP contribution < -0.4 is 4.74 Å². The predicted octanol–water partition coefficient (Wildman–Crippen LogP) is 8.19. The van der Waals surface area contributed by atoms with Crippen molar-refractivity contribution in [3.05, 3.63) is 93.0 Å². The minimum absolute atomic E-state index is 0.112. The Labute approximate surface area is 223 Å². The van der Waals surface area contributed by atoms with E-state index in [4.69, 9.17) is 25.4 Å². The number of halogens is 1. The maximum atomic E-state index is 13.4. The Balaban J connectivity index is 1.18. The molecular formula is C30H32ClO5P. The molecule has 1 heterocycles. The molecule has 6 rings (SSSR count). The molecule has 3 aliphatic rings. The van der Waals surface area contributed by atoms with E-state index in [1.807, 2.05) is 36.4 Å². The first-order valence-corrected chi connectivity index (χ1v) is 15.1. The van der Waals surface area contributed by atoms with Gasteiger partial charge in [0, 0.05) is 22.9 Å². The Morgan fingerprint density at radius 2 is 1.95 bits per heavy atom. The second-order valence-electron chi connectivity index (χ2n) is 10.9. The van der Waals surface area contributed by atoms with E-state index in [2.05, 4.69) is 32.0 Å². The van der Waals surface area contributed by atoms with Gasteiger partial charge in [0.15, 0.2) is 6.35 Å². The number of ether oxygens (including phenoxy) is 1. The Morgan fingerprint density at radius 3 is 2.73 bits per heavy atom. The van der Waals surface area contributed by atoms with Gasteiger partial charge in [-0.05, 0) is 96.2 Å². The minimum atomic E-state index is -3.42. The molecule has 5 nitrogen and oxygen atoms in total. The molecule has 0 aromatic heterocycles. The Bertz CT molecular complexity index is 1400. The van der Waals surface area contributed by atoms with E-state index >= 15 is 0 Å². The first-order valence-electron chi connectivity index (χ1n) is 13.0. The van der Waals surface area contributed by atoms with E-state index in [-0.39, 0.29) is 17.9 Å². The molecule has 3 unspecified atom stereocenters. The van der Waals surface area contributed by atoms with Crippen LogP contribution in [0, 0.1) is 6.92 Å². The summed E-state index contributed by atoms with van der Waals surface area (Å²) in [4.78, 5) is 0. The summed E-state index contributed by atoms with van der Waals surface area (Å²) in [6.45, 7) is 4.68. The molecule has 37 heavy (non-hydrogen) atoms. The van der Waals surface area contributed by atoms with E-state index < -0.39 is 7.60 Å². The third kappa shape index (κ3) is 4.95. The molecule has 0 amide bonds. The zero-order valence-corrected chi connectivity index (χ0v) is 22.9. The number of fused-ring (bicyclic) bond motifs is 1. The van der Waals surface area contributed by atoms with Crippen molar-refractivity contribution in [3.8, 4) is 11.5 Å². The first kappa shape index (κ1) is 25.0. The van der Waals surface area contributed by atoms with Gasteiger partial charge >= 0.3 is 7.60 Å². The van der Waals surface area contributed by atoms with E-state index in [0.29, 0.717) is 35.5 Å². The second kappa shape index (κ2) is 9.47.